The van der Waals surface area contributed by atoms with Crippen molar-refractivity contribution in [2.24, 2.45) is 5.73 Å². The zero-order valence-corrected chi connectivity index (χ0v) is 13.8. The molecule has 7 nitrogen and oxygen atoms in total. The second-order valence-electron chi connectivity index (χ2n) is 5.00. The van der Waals surface area contributed by atoms with Gasteiger partial charge in [0.1, 0.15) is 0 Å². The number of benzene rings is 1. The molecule has 3 N–H and O–H groups in total. The third-order valence-electron chi connectivity index (χ3n) is 3.30. The zero-order valence-electron chi connectivity index (χ0n) is 11.4. The van der Waals surface area contributed by atoms with Crippen LogP contribution >= 0.6 is 15.9 Å². The molecule has 116 valence electrons. The lowest BCUT2D eigenvalue weighted by Crippen LogP contribution is -2.44. The molecule has 0 bridgehead atoms. The van der Waals surface area contributed by atoms with E-state index in [0.717, 1.165) is 15.8 Å². The van der Waals surface area contributed by atoms with Crippen LogP contribution in [0.25, 0.3) is 0 Å². The minimum absolute atomic E-state index is 0.00935. The molecule has 0 saturated carbocycles. The van der Waals surface area contributed by atoms with Crippen molar-refractivity contribution in [1.82, 2.24) is 4.31 Å². The molecule has 1 atom stereocenters. The van der Waals surface area contributed by atoms with Crippen LogP contribution in [0, 0.1) is 0 Å². The first kappa shape index (κ1) is 16.2. The van der Waals surface area contributed by atoms with Crippen molar-refractivity contribution in [2.45, 2.75) is 19.0 Å². The van der Waals surface area contributed by atoms with E-state index in [9.17, 15) is 18.4 Å². The van der Waals surface area contributed by atoms with Gasteiger partial charge in [-0.25, -0.2) is 8.42 Å². The van der Waals surface area contributed by atoms with Crippen LogP contribution in [-0.4, -0.2) is 42.7 Å². The number of hydrogen-bond donors (Lipinski definition) is 2. The molecular weight excluding hydrogens is 362 g/mol. The number of fused-ring (bicyclic) bond motifs is 1. The fourth-order valence-corrected chi connectivity index (χ4v) is 3.53. The lowest BCUT2D eigenvalue weighted by atomic mass is 10.1. The molecule has 0 spiro atoms. The lowest BCUT2D eigenvalue weighted by molar-refractivity contribution is -0.118. The van der Waals surface area contributed by atoms with Crippen LogP contribution in [0.1, 0.15) is 12.0 Å². The summed E-state index contributed by atoms with van der Waals surface area (Å²) in [6.45, 7) is 0.116. The number of rotatable bonds is 3. The Morgan fingerprint density at radius 1 is 1.52 bits per heavy atom. The van der Waals surface area contributed by atoms with Gasteiger partial charge in [0.15, 0.2) is 0 Å². The van der Waals surface area contributed by atoms with Gasteiger partial charge in [-0.3, -0.25) is 15.1 Å². The number of anilines is 1. The Kier molecular flexibility index (Phi) is 4.57. The summed E-state index contributed by atoms with van der Waals surface area (Å²) < 4.78 is 25.7. The van der Waals surface area contributed by atoms with Crippen LogP contribution in [0.15, 0.2) is 22.7 Å². The summed E-state index contributed by atoms with van der Waals surface area (Å²) in [5.41, 5.74) is 6.29. The van der Waals surface area contributed by atoms with E-state index in [2.05, 4.69) is 15.9 Å². The first-order valence-electron chi connectivity index (χ1n) is 6.18. The quantitative estimate of drug-likeness (QED) is 0.805. The van der Waals surface area contributed by atoms with E-state index in [1.165, 1.54) is 4.31 Å². The molecule has 1 heterocycles. The Morgan fingerprint density at radius 3 is 2.76 bits per heavy atom. The third-order valence-corrected chi connectivity index (χ3v) is 5.01. The standard InChI is InChI=1S/C12H16BrN3O4S/c1-21(19,20)15-6-8-4-9(13)2-3-11(8)16(18)10(7-15)5-12(14)17/h2-4,10,18H,5-7H2,1H3,(H2,14,17)/t10-/m1/s1. The average molecular weight is 378 g/mol. The summed E-state index contributed by atoms with van der Waals surface area (Å²) in [5, 5.41) is 11.2. The SMILES string of the molecule is CS(=O)(=O)N1Cc2cc(Br)ccc2N(O)[C@H](CC(N)=O)C1. The minimum Gasteiger partial charge on any atom is -0.370 e. The maximum Gasteiger partial charge on any atom is 0.219 e. The van der Waals surface area contributed by atoms with Gasteiger partial charge in [0, 0.05) is 17.6 Å². The van der Waals surface area contributed by atoms with E-state index in [4.69, 9.17) is 5.73 Å². The van der Waals surface area contributed by atoms with Gasteiger partial charge in [-0.2, -0.15) is 4.31 Å². The van der Waals surface area contributed by atoms with E-state index in [-0.39, 0.29) is 19.5 Å². The molecule has 0 unspecified atom stereocenters. The van der Waals surface area contributed by atoms with Gasteiger partial charge < -0.3 is 5.73 Å². The second kappa shape index (κ2) is 5.91. The summed E-state index contributed by atoms with van der Waals surface area (Å²) in [6.07, 6.45) is 0.955. The minimum atomic E-state index is -3.47. The summed E-state index contributed by atoms with van der Waals surface area (Å²) in [4.78, 5) is 11.2. The third kappa shape index (κ3) is 3.73. The zero-order chi connectivity index (χ0) is 15.8. The number of nitrogens with two attached hydrogens (primary N) is 1. The van der Waals surface area contributed by atoms with Gasteiger partial charge in [-0.15, -0.1) is 0 Å². The number of sulfonamides is 1. The molecule has 21 heavy (non-hydrogen) atoms. The largest absolute Gasteiger partial charge is 0.370 e. The maximum atomic E-state index is 11.9. The van der Waals surface area contributed by atoms with Crippen molar-refractivity contribution in [3.05, 3.63) is 28.2 Å². The summed E-state index contributed by atoms with van der Waals surface area (Å²) in [6, 6.07) is 4.42. The van der Waals surface area contributed by atoms with Crippen LogP contribution in [0.2, 0.25) is 0 Å². The summed E-state index contributed by atoms with van der Waals surface area (Å²) in [7, 11) is -3.47. The molecule has 0 aliphatic carbocycles. The van der Waals surface area contributed by atoms with Crippen LogP contribution in [-0.2, 0) is 21.4 Å². The molecular formula is C12H16BrN3O4S. The van der Waals surface area contributed by atoms with E-state index in [0.29, 0.717) is 11.3 Å². The van der Waals surface area contributed by atoms with Crippen LogP contribution in [0.5, 0.6) is 0 Å². The number of carbonyl (C=O) groups is 1. The molecule has 1 aliphatic heterocycles. The highest BCUT2D eigenvalue weighted by Gasteiger charge is 2.32. The Labute approximate surface area is 131 Å². The Bertz CT molecular complexity index is 664. The Morgan fingerprint density at radius 2 is 2.19 bits per heavy atom. The van der Waals surface area contributed by atoms with Crippen molar-refractivity contribution >= 4 is 37.5 Å². The smallest absolute Gasteiger partial charge is 0.219 e. The molecule has 0 saturated heterocycles. The molecule has 0 aromatic heterocycles. The van der Waals surface area contributed by atoms with Crippen LogP contribution in [0.3, 0.4) is 0 Å². The number of nitrogens with zero attached hydrogens (tertiary/aromatic N) is 2. The number of hydroxylamine groups is 1. The maximum absolute atomic E-state index is 11.9. The summed E-state index contributed by atoms with van der Waals surface area (Å²) in [5.74, 6) is -0.604. The topological polar surface area (TPSA) is 104 Å². The highest BCUT2D eigenvalue weighted by atomic mass is 79.9. The average Bonchev–Trinajstić information content (AvgIpc) is 2.46. The van der Waals surface area contributed by atoms with Crippen LogP contribution < -0.4 is 10.8 Å². The molecule has 1 aromatic carbocycles. The fraction of sp³-hybridized carbons (Fsp3) is 0.417. The van der Waals surface area contributed by atoms with E-state index >= 15 is 0 Å². The predicted molar refractivity (Wildman–Crippen MR) is 81.3 cm³/mol. The van der Waals surface area contributed by atoms with E-state index < -0.39 is 22.0 Å². The number of hydrogen-bond acceptors (Lipinski definition) is 5. The number of halogens is 1. The van der Waals surface area contributed by atoms with Gasteiger partial charge in [0.2, 0.25) is 15.9 Å². The van der Waals surface area contributed by atoms with Crippen molar-refractivity contribution in [3.63, 3.8) is 0 Å². The number of carbonyl (C=O) groups excluding carboxylic acids is 1. The Balaban J connectivity index is 2.49. The highest BCUT2D eigenvalue weighted by Crippen LogP contribution is 2.30. The van der Waals surface area contributed by atoms with Crippen molar-refractivity contribution < 1.29 is 18.4 Å². The molecule has 1 amide bonds. The number of amides is 1. The molecule has 2 rings (SSSR count). The number of primary amides is 1. The van der Waals surface area contributed by atoms with E-state index in [1.807, 2.05) is 0 Å². The van der Waals surface area contributed by atoms with Gasteiger partial charge in [-0.1, -0.05) is 15.9 Å². The van der Waals surface area contributed by atoms with Crippen molar-refractivity contribution in [3.8, 4) is 0 Å². The second-order valence-corrected chi connectivity index (χ2v) is 7.90. The lowest BCUT2D eigenvalue weighted by Gasteiger charge is -2.27. The molecule has 1 aliphatic rings. The van der Waals surface area contributed by atoms with E-state index in [1.54, 1.807) is 18.2 Å². The molecule has 1 aromatic rings. The van der Waals surface area contributed by atoms with Crippen LogP contribution in [0.4, 0.5) is 5.69 Å². The Hall–Kier alpha value is -1.16. The molecule has 0 fully saturated rings. The van der Waals surface area contributed by atoms with Crippen molar-refractivity contribution in [2.75, 3.05) is 17.9 Å². The molecule has 0 radical (unpaired) electrons. The van der Waals surface area contributed by atoms with Crippen molar-refractivity contribution in [1.29, 1.82) is 0 Å². The summed E-state index contributed by atoms with van der Waals surface area (Å²) >= 11 is 3.32. The molecule has 9 heteroatoms. The first-order valence-corrected chi connectivity index (χ1v) is 8.82. The first-order chi connectivity index (χ1) is 9.68. The fourth-order valence-electron chi connectivity index (χ4n) is 2.30. The highest BCUT2D eigenvalue weighted by molar-refractivity contribution is 9.10. The van der Waals surface area contributed by atoms with Gasteiger partial charge in [-0.05, 0) is 23.8 Å². The van der Waals surface area contributed by atoms with Gasteiger partial charge >= 0.3 is 0 Å². The monoisotopic (exact) mass is 377 g/mol. The normalized spacial score (nSPS) is 20.0. The van der Waals surface area contributed by atoms with Gasteiger partial charge in [0.05, 0.1) is 24.4 Å². The van der Waals surface area contributed by atoms with Gasteiger partial charge in [0.25, 0.3) is 0 Å². The predicted octanol–water partition coefficient (Wildman–Crippen LogP) is 0.664.